The number of nitrogens with zero attached hydrogens (tertiary/aromatic N) is 4. The molecule has 1 aliphatic rings. The number of rotatable bonds is 3. The Bertz CT molecular complexity index is 568. The van der Waals surface area contributed by atoms with Gasteiger partial charge in [0, 0.05) is 12.3 Å². The van der Waals surface area contributed by atoms with Gasteiger partial charge in [-0.15, -0.1) is 10.2 Å². The van der Waals surface area contributed by atoms with Gasteiger partial charge in [0.15, 0.2) is 5.82 Å². The van der Waals surface area contributed by atoms with E-state index in [1.807, 2.05) is 18.2 Å². The van der Waals surface area contributed by atoms with Gasteiger partial charge in [0.25, 0.3) is 0 Å². The smallest absolute Gasteiger partial charge is 0.177 e. The summed E-state index contributed by atoms with van der Waals surface area (Å²) < 4.78 is 0. The first-order valence-electron chi connectivity index (χ1n) is 7.17. The Morgan fingerprint density at radius 1 is 1.30 bits per heavy atom. The summed E-state index contributed by atoms with van der Waals surface area (Å²) in [6.07, 6.45) is 4.50. The quantitative estimate of drug-likeness (QED) is 0.926. The van der Waals surface area contributed by atoms with Gasteiger partial charge in [0.2, 0.25) is 0 Å². The lowest BCUT2D eigenvalue weighted by molar-refractivity contribution is -0.0183. The van der Waals surface area contributed by atoms with Gasteiger partial charge < -0.3 is 5.11 Å². The lowest BCUT2D eigenvalue weighted by atomic mass is 9.70. The average molecular weight is 272 g/mol. The summed E-state index contributed by atoms with van der Waals surface area (Å²) in [6, 6.07) is 10.3. The second kappa shape index (κ2) is 5.32. The predicted octanol–water partition coefficient (Wildman–Crippen LogP) is 1.84. The van der Waals surface area contributed by atoms with E-state index < -0.39 is 5.60 Å². The zero-order valence-electron chi connectivity index (χ0n) is 11.7. The minimum absolute atomic E-state index is 0.154. The van der Waals surface area contributed by atoms with E-state index >= 15 is 0 Å². The topological polar surface area (TPSA) is 63.8 Å². The highest BCUT2D eigenvalue weighted by Gasteiger charge is 2.40. The third-order valence-corrected chi connectivity index (χ3v) is 4.22. The zero-order chi connectivity index (χ0) is 14.0. The number of hydrogen-bond acceptors (Lipinski definition) is 4. The molecule has 2 aromatic rings. The van der Waals surface area contributed by atoms with Crippen molar-refractivity contribution in [2.45, 2.75) is 43.6 Å². The summed E-state index contributed by atoms with van der Waals surface area (Å²) in [7, 11) is 1.75. The Kier molecular flexibility index (Phi) is 3.53. The second-order valence-corrected chi connectivity index (χ2v) is 5.68. The maximum Gasteiger partial charge on any atom is 0.177 e. The molecule has 0 aliphatic heterocycles. The normalized spacial score (nSPS) is 26.6. The van der Waals surface area contributed by atoms with Gasteiger partial charge in [-0.05, 0) is 23.6 Å². The van der Waals surface area contributed by atoms with Gasteiger partial charge in [-0.3, -0.25) is 0 Å². The van der Waals surface area contributed by atoms with E-state index in [4.69, 9.17) is 0 Å². The molecule has 5 nitrogen and oxygen atoms in total. The molecule has 1 aliphatic carbocycles. The van der Waals surface area contributed by atoms with Crippen molar-refractivity contribution in [3.63, 3.8) is 0 Å². The summed E-state index contributed by atoms with van der Waals surface area (Å²) in [6.45, 7) is 0. The van der Waals surface area contributed by atoms with Crippen molar-refractivity contribution >= 4 is 0 Å². The first-order chi connectivity index (χ1) is 9.67. The SMILES string of the molecule is Cn1nnc(CC2(O)CCCCC2c2ccccc2)n1. The molecule has 2 atom stereocenters. The number of aliphatic hydroxyl groups is 1. The molecular formula is C15H20N4O. The Balaban J connectivity index is 1.87. The van der Waals surface area contributed by atoms with Crippen LogP contribution in [0.2, 0.25) is 0 Å². The number of benzene rings is 1. The van der Waals surface area contributed by atoms with Gasteiger partial charge in [-0.2, -0.15) is 4.80 Å². The molecule has 0 bridgehead atoms. The van der Waals surface area contributed by atoms with E-state index in [0.29, 0.717) is 12.2 Å². The number of tetrazole rings is 1. The molecule has 0 amide bonds. The number of aryl methyl sites for hydroxylation is 1. The first kappa shape index (κ1) is 13.2. The Morgan fingerprint density at radius 2 is 2.10 bits per heavy atom. The molecule has 5 heteroatoms. The third-order valence-electron chi connectivity index (χ3n) is 4.22. The van der Waals surface area contributed by atoms with Crippen molar-refractivity contribution in [2.75, 3.05) is 0 Å². The fourth-order valence-electron chi connectivity index (χ4n) is 3.26. The Labute approximate surface area is 118 Å². The van der Waals surface area contributed by atoms with Crippen LogP contribution in [-0.2, 0) is 13.5 Å². The van der Waals surface area contributed by atoms with Crippen LogP contribution in [0.15, 0.2) is 30.3 Å². The molecule has 0 saturated heterocycles. The molecule has 3 rings (SSSR count). The summed E-state index contributed by atoms with van der Waals surface area (Å²) in [5.41, 5.74) is 0.446. The minimum Gasteiger partial charge on any atom is -0.389 e. The van der Waals surface area contributed by atoms with E-state index in [1.165, 1.54) is 10.4 Å². The molecule has 0 radical (unpaired) electrons. The molecule has 1 N–H and O–H groups in total. The molecule has 2 unspecified atom stereocenters. The van der Waals surface area contributed by atoms with Crippen LogP contribution in [0.5, 0.6) is 0 Å². The Morgan fingerprint density at radius 3 is 2.80 bits per heavy atom. The van der Waals surface area contributed by atoms with E-state index in [2.05, 4.69) is 27.5 Å². The summed E-state index contributed by atoms with van der Waals surface area (Å²) in [5, 5.41) is 23.2. The molecular weight excluding hydrogens is 252 g/mol. The maximum absolute atomic E-state index is 11.1. The highest BCUT2D eigenvalue weighted by molar-refractivity contribution is 5.24. The predicted molar refractivity (Wildman–Crippen MR) is 75.1 cm³/mol. The van der Waals surface area contributed by atoms with Crippen molar-refractivity contribution in [1.29, 1.82) is 0 Å². The first-order valence-corrected chi connectivity index (χ1v) is 7.17. The molecule has 20 heavy (non-hydrogen) atoms. The van der Waals surface area contributed by atoms with Gasteiger partial charge >= 0.3 is 0 Å². The standard InChI is InChI=1S/C15H20N4O/c1-19-17-14(16-18-19)11-15(20)10-6-5-9-13(15)12-7-3-2-4-8-12/h2-4,7-8,13,20H,5-6,9-11H2,1H3. The minimum atomic E-state index is -0.761. The highest BCUT2D eigenvalue weighted by Crippen LogP contribution is 2.42. The van der Waals surface area contributed by atoms with Crippen LogP contribution < -0.4 is 0 Å². The lowest BCUT2D eigenvalue weighted by Gasteiger charge is -2.39. The summed E-state index contributed by atoms with van der Waals surface area (Å²) >= 11 is 0. The van der Waals surface area contributed by atoms with Gasteiger partial charge in [0.1, 0.15) is 0 Å². The van der Waals surface area contributed by atoms with Crippen LogP contribution in [-0.4, -0.2) is 30.9 Å². The van der Waals surface area contributed by atoms with Gasteiger partial charge in [0.05, 0.1) is 12.6 Å². The largest absolute Gasteiger partial charge is 0.389 e. The van der Waals surface area contributed by atoms with Crippen molar-refractivity contribution in [2.24, 2.45) is 7.05 Å². The second-order valence-electron chi connectivity index (χ2n) is 5.68. The van der Waals surface area contributed by atoms with E-state index in [0.717, 1.165) is 25.7 Å². The number of aromatic nitrogens is 4. The van der Waals surface area contributed by atoms with Crippen molar-refractivity contribution in [3.8, 4) is 0 Å². The monoisotopic (exact) mass is 272 g/mol. The maximum atomic E-state index is 11.1. The fourth-order valence-corrected chi connectivity index (χ4v) is 3.26. The third kappa shape index (κ3) is 2.58. The van der Waals surface area contributed by atoms with E-state index in [9.17, 15) is 5.11 Å². The summed E-state index contributed by atoms with van der Waals surface area (Å²) in [4.78, 5) is 1.44. The molecule has 1 heterocycles. The highest BCUT2D eigenvalue weighted by atomic mass is 16.3. The van der Waals surface area contributed by atoms with Crippen LogP contribution in [0.25, 0.3) is 0 Å². The van der Waals surface area contributed by atoms with Crippen molar-refractivity contribution in [1.82, 2.24) is 20.2 Å². The van der Waals surface area contributed by atoms with Crippen LogP contribution in [0.3, 0.4) is 0 Å². The molecule has 0 spiro atoms. The van der Waals surface area contributed by atoms with Crippen molar-refractivity contribution in [3.05, 3.63) is 41.7 Å². The average Bonchev–Trinajstić information content (AvgIpc) is 2.85. The van der Waals surface area contributed by atoms with Crippen LogP contribution in [0.4, 0.5) is 0 Å². The van der Waals surface area contributed by atoms with Crippen LogP contribution in [0, 0.1) is 0 Å². The van der Waals surface area contributed by atoms with Crippen LogP contribution >= 0.6 is 0 Å². The fraction of sp³-hybridized carbons (Fsp3) is 0.533. The molecule has 1 aromatic carbocycles. The Hall–Kier alpha value is -1.75. The molecule has 106 valence electrons. The van der Waals surface area contributed by atoms with Gasteiger partial charge in [-0.1, -0.05) is 43.2 Å². The molecule has 1 aromatic heterocycles. The van der Waals surface area contributed by atoms with E-state index in [-0.39, 0.29) is 5.92 Å². The molecule has 1 saturated carbocycles. The van der Waals surface area contributed by atoms with Crippen molar-refractivity contribution < 1.29 is 5.11 Å². The van der Waals surface area contributed by atoms with E-state index in [1.54, 1.807) is 7.05 Å². The molecule has 1 fully saturated rings. The summed E-state index contributed by atoms with van der Waals surface area (Å²) in [5.74, 6) is 0.777. The number of hydrogen-bond donors (Lipinski definition) is 1. The van der Waals surface area contributed by atoms with Gasteiger partial charge in [-0.25, -0.2) is 0 Å². The zero-order valence-corrected chi connectivity index (χ0v) is 11.7. The van der Waals surface area contributed by atoms with Crippen LogP contribution in [0.1, 0.15) is 43.0 Å². The lowest BCUT2D eigenvalue weighted by Crippen LogP contribution is -2.41.